The van der Waals surface area contributed by atoms with Gasteiger partial charge in [-0.1, -0.05) is 20.8 Å². The number of rotatable bonds is 2. The molecule has 1 N–H and O–H groups in total. The lowest BCUT2D eigenvalue weighted by molar-refractivity contribution is 0.152. The summed E-state index contributed by atoms with van der Waals surface area (Å²) in [6, 6.07) is 0.719. The third kappa shape index (κ3) is 4.10. The van der Waals surface area contributed by atoms with Crippen molar-refractivity contribution >= 4 is 0 Å². The Bertz CT molecular complexity index is 149. The van der Waals surface area contributed by atoms with E-state index in [4.69, 9.17) is 0 Å². The number of hydrogen-bond donors (Lipinski definition) is 1. The smallest absolute Gasteiger partial charge is 0.0192 e. The van der Waals surface area contributed by atoms with Gasteiger partial charge in [-0.3, -0.25) is 4.90 Å². The Morgan fingerprint density at radius 2 is 2.08 bits per heavy atom. The van der Waals surface area contributed by atoms with Crippen LogP contribution < -0.4 is 5.32 Å². The first-order valence-corrected chi connectivity index (χ1v) is 5.44. The molecule has 0 spiro atoms. The lowest BCUT2D eigenvalue weighted by atomic mass is 9.92. The Hall–Kier alpha value is -0.0800. The molecule has 1 rings (SSSR count). The van der Waals surface area contributed by atoms with Gasteiger partial charge in [0.1, 0.15) is 0 Å². The van der Waals surface area contributed by atoms with E-state index in [-0.39, 0.29) is 0 Å². The minimum absolute atomic E-state index is 0.477. The van der Waals surface area contributed by atoms with Gasteiger partial charge in [-0.15, -0.1) is 0 Å². The Morgan fingerprint density at radius 3 is 2.62 bits per heavy atom. The van der Waals surface area contributed by atoms with Crippen LogP contribution in [0.2, 0.25) is 0 Å². The van der Waals surface area contributed by atoms with Crippen molar-refractivity contribution in [2.75, 3.05) is 26.2 Å². The molecule has 0 aromatic heterocycles. The predicted molar refractivity (Wildman–Crippen MR) is 58.0 cm³/mol. The van der Waals surface area contributed by atoms with Crippen LogP contribution in [-0.4, -0.2) is 37.1 Å². The van der Waals surface area contributed by atoms with Crippen LogP contribution in [0.3, 0.4) is 0 Å². The monoisotopic (exact) mass is 184 g/mol. The number of piperazine rings is 1. The third-order valence-corrected chi connectivity index (χ3v) is 2.79. The van der Waals surface area contributed by atoms with E-state index in [2.05, 4.69) is 37.9 Å². The van der Waals surface area contributed by atoms with Crippen LogP contribution in [0.1, 0.15) is 34.1 Å². The zero-order valence-electron chi connectivity index (χ0n) is 9.56. The molecule has 1 fully saturated rings. The van der Waals surface area contributed by atoms with Gasteiger partial charge in [0, 0.05) is 25.7 Å². The lowest BCUT2D eigenvalue weighted by Crippen LogP contribution is -2.50. The molecule has 2 nitrogen and oxygen atoms in total. The van der Waals surface area contributed by atoms with Gasteiger partial charge in [0.2, 0.25) is 0 Å². The molecule has 0 amide bonds. The first-order valence-electron chi connectivity index (χ1n) is 5.44. The van der Waals surface area contributed by atoms with Crippen molar-refractivity contribution in [1.29, 1.82) is 0 Å². The molecule has 0 saturated carbocycles. The number of hydrogen-bond acceptors (Lipinski definition) is 2. The van der Waals surface area contributed by atoms with Crippen LogP contribution in [0, 0.1) is 5.41 Å². The fourth-order valence-electron chi connectivity index (χ4n) is 1.69. The number of nitrogens with one attached hydrogen (secondary N) is 1. The van der Waals surface area contributed by atoms with E-state index in [0.29, 0.717) is 5.41 Å². The predicted octanol–water partition coefficient (Wildman–Crippen LogP) is 1.72. The van der Waals surface area contributed by atoms with Crippen molar-refractivity contribution in [2.45, 2.75) is 40.2 Å². The molecular weight excluding hydrogens is 160 g/mol. The summed E-state index contributed by atoms with van der Waals surface area (Å²) in [7, 11) is 0. The molecule has 0 aromatic carbocycles. The van der Waals surface area contributed by atoms with E-state index in [1.165, 1.54) is 19.5 Å². The van der Waals surface area contributed by atoms with Crippen LogP contribution in [0.25, 0.3) is 0 Å². The average Bonchev–Trinajstić information content (AvgIpc) is 2.01. The molecule has 1 atom stereocenters. The Morgan fingerprint density at radius 1 is 1.38 bits per heavy atom. The maximum atomic E-state index is 3.42. The molecule has 13 heavy (non-hydrogen) atoms. The van der Waals surface area contributed by atoms with E-state index in [0.717, 1.165) is 19.1 Å². The molecule has 0 bridgehead atoms. The van der Waals surface area contributed by atoms with Crippen LogP contribution in [0.5, 0.6) is 0 Å². The van der Waals surface area contributed by atoms with Crippen LogP contribution in [0.15, 0.2) is 0 Å². The Labute approximate surface area is 82.7 Å². The van der Waals surface area contributed by atoms with E-state index in [1.54, 1.807) is 0 Å². The maximum absolute atomic E-state index is 3.42. The molecule has 0 radical (unpaired) electrons. The summed E-state index contributed by atoms with van der Waals surface area (Å²) in [5, 5.41) is 3.42. The van der Waals surface area contributed by atoms with Gasteiger partial charge >= 0.3 is 0 Å². The Kier molecular flexibility index (Phi) is 3.74. The second-order valence-corrected chi connectivity index (χ2v) is 5.40. The molecule has 0 aliphatic carbocycles. The summed E-state index contributed by atoms with van der Waals surface area (Å²) in [6.07, 6.45) is 1.30. The van der Waals surface area contributed by atoms with Gasteiger partial charge in [-0.25, -0.2) is 0 Å². The molecule has 0 aromatic rings. The SMILES string of the molecule is C[C@H]1CNCCN1CCC(C)(C)C. The summed E-state index contributed by atoms with van der Waals surface area (Å²) < 4.78 is 0. The quantitative estimate of drug-likeness (QED) is 0.703. The topological polar surface area (TPSA) is 15.3 Å². The third-order valence-electron chi connectivity index (χ3n) is 2.79. The van der Waals surface area contributed by atoms with E-state index < -0.39 is 0 Å². The molecule has 1 heterocycles. The largest absolute Gasteiger partial charge is 0.314 e. The zero-order chi connectivity index (χ0) is 9.90. The summed E-state index contributed by atoms with van der Waals surface area (Å²) in [6.45, 7) is 14.1. The highest BCUT2D eigenvalue weighted by Crippen LogP contribution is 2.19. The van der Waals surface area contributed by atoms with E-state index >= 15 is 0 Å². The molecule has 2 heteroatoms. The van der Waals surface area contributed by atoms with E-state index in [1.807, 2.05) is 0 Å². The van der Waals surface area contributed by atoms with Gasteiger partial charge in [0.15, 0.2) is 0 Å². The highest BCUT2D eigenvalue weighted by atomic mass is 15.2. The van der Waals surface area contributed by atoms with Gasteiger partial charge in [0.05, 0.1) is 0 Å². The molecule has 0 unspecified atom stereocenters. The zero-order valence-corrected chi connectivity index (χ0v) is 9.56. The van der Waals surface area contributed by atoms with Crippen LogP contribution in [-0.2, 0) is 0 Å². The average molecular weight is 184 g/mol. The molecular formula is C11H24N2. The standard InChI is InChI=1S/C11H24N2/c1-10-9-12-6-8-13(10)7-5-11(2,3)4/h10,12H,5-9H2,1-4H3/t10-/m0/s1. The normalized spacial score (nSPS) is 26.3. The van der Waals surface area contributed by atoms with Gasteiger partial charge in [-0.2, -0.15) is 0 Å². The van der Waals surface area contributed by atoms with Gasteiger partial charge in [-0.05, 0) is 25.3 Å². The highest BCUT2D eigenvalue weighted by molar-refractivity contribution is 4.77. The fraction of sp³-hybridized carbons (Fsp3) is 1.00. The van der Waals surface area contributed by atoms with Crippen molar-refractivity contribution < 1.29 is 0 Å². The van der Waals surface area contributed by atoms with Crippen LogP contribution in [0.4, 0.5) is 0 Å². The van der Waals surface area contributed by atoms with Crippen molar-refractivity contribution in [3.8, 4) is 0 Å². The lowest BCUT2D eigenvalue weighted by Gasteiger charge is -2.35. The van der Waals surface area contributed by atoms with Crippen molar-refractivity contribution in [2.24, 2.45) is 5.41 Å². The maximum Gasteiger partial charge on any atom is 0.0192 e. The molecule has 78 valence electrons. The first kappa shape index (κ1) is 11.0. The summed E-state index contributed by atoms with van der Waals surface area (Å²) in [5.74, 6) is 0. The molecule has 1 saturated heterocycles. The highest BCUT2D eigenvalue weighted by Gasteiger charge is 2.19. The summed E-state index contributed by atoms with van der Waals surface area (Å²) in [5.41, 5.74) is 0.477. The Balaban J connectivity index is 2.27. The second-order valence-electron chi connectivity index (χ2n) is 5.40. The van der Waals surface area contributed by atoms with Crippen molar-refractivity contribution in [1.82, 2.24) is 10.2 Å². The first-order chi connectivity index (χ1) is 5.99. The van der Waals surface area contributed by atoms with Gasteiger partial charge in [0.25, 0.3) is 0 Å². The minimum Gasteiger partial charge on any atom is -0.314 e. The van der Waals surface area contributed by atoms with Crippen molar-refractivity contribution in [3.63, 3.8) is 0 Å². The van der Waals surface area contributed by atoms with E-state index in [9.17, 15) is 0 Å². The van der Waals surface area contributed by atoms with Crippen LogP contribution >= 0.6 is 0 Å². The summed E-state index contributed by atoms with van der Waals surface area (Å²) in [4.78, 5) is 2.60. The van der Waals surface area contributed by atoms with Crippen molar-refractivity contribution in [3.05, 3.63) is 0 Å². The second kappa shape index (κ2) is 4.43. The molecule has 1 aliphatic heterocycles. The fourth-order valence-corrected chi connectivity index (χ4v) is 1.69. The summed E-state index contributed by atoms with van der Waals surface area (Å²) >= 11 is 0. The molecule has 1 aliphatic rings. The van der Waals surface area contributed by atoms with Gasteiger partial charge < -0.3 is 5.32 Å². The number of nitrogens with zero attached hydrogens (tertiary/aromatic N) is 1. The minimum atomic E-state index is 0.477.